The van der Waals surface area contributed by atoms with Crippen molar-refractivity contribution < 1.29 is 50.0 Å². The van der Waals surface area contributed by atoms with Crippen molar-refractivity contribution in [1.29, 1.82) is 0 Å². The van der Waals surface area contributed by atoms with Crippen LogP contribution in [-0.4, -0.2) is 103 Å². The molecule has 246 valence electrons. The Morgan fingerprint density at radius 3 is 2.30 bits per heavy atom. The summed E-state index contributed by atoms with van der Waals surface area (Å²) in [5.41, 5.74) is -1.52. The molecule has 5 rings (SSSR count). The van der Waals surface area contributed by atoms with Crippen LogP contribution in [0.15, 0.2) is 11.6 Å². The van der Waals surface area contributed by atoms with Crippen molar-refractivity contribution >= 4 is 5.78 Å². The zero-order valence-corrected chi connectivity index (χ0v) is 26.3. The van der Waals surface area contributed by atoms with Crippen LogP contribution in [0.2, 0.25) is 0 Å². The Morgan fingerprint density at radius 1 is 0.953 bits per heavy atom. The molecule has 15 atom stereocenters. The first kappa shape index (κ1) is 33.4. The molecule has 0 aromatic heterocycles. The summed E-state index contributed by atoms with van der Waals surface area (Å²) in [6.45, 7) is 9.96. The van der Waals surface area contributed by atoms with Gasteiger partial charge < -0.3 is 45.2 Å². The van der Waals surface area contributed by atoms with Crippen LogP contribution in [0.25, 0.3) is 0 Å². The summed E-state index contributed by atoms with van der Waals surface area (Å²) >= 11 is 0. The number of carbonyl (C=O) groups excluding carboxylic acids is 1. The zero-order chi connectivity index (χ0) is 31.6. The largest absolute Gasteiger partial charge is 0.394 e. The molecule has 1 heterocycles. The highest BCUT2D eigenvalue weighted by Crippen LogP contribution is 2.68. The van der Waals surface area contributed by atoms with E-state index in [-0.39, 0.29) is 35.9 Å². The number of allylic oxidation sites excluding steroid dienone is 1. The lowest BCUT2D eigenvalue weighted by molar-refractivity contribution is -0.317. The van der Waals surface area contributed by atoms with Gasteiger partial charge >= 0.3 is 0 Å². The molecule has 10 nitrogen and oxygen atoms in total. The number of rotatable bonds is 8. The Labute approximate surface area is 255 Å². The van der Waals surface area contributed by atoms with Crippen LogP contribution in [0, 0.1) is 40.4 Å². The zero-order valence-electron chi connectivity index (χ0n) is 26.3. The van der Waals surface area contributed by atoms with Crippen molar-refractivity contribution in [3.63, 3.8) is 0 Å². The number of ketones is 1. The fourth-order valence-electron chi connectivity index (χ4n) is 9.82. The predicted molar refractivity (Wildman–Crippen MR) is 156 cm³/mol. The molecule has 1 aliphatic heterocycles. The third-order valence-electron chi connectivity index (χ3n) is 12.6. The van der Waals surface area contributed by atoms with Crippen molar-refractivity contribution in [1.82, 2.24) is 0 Å². The number of hydrogen-bond donors (Lipinski definition) is 7. The average Bonchev–Trinajstić information content (AvgIpc) is 3.23. The molecule has 10 heteroatoms. The summed E-state index contributed by atoms with van der Waals surface area (Å²) in [6, 6.07) is 0. The maximum Gasteiger partial charge on any atom is 0.186 e. The maximum atomic E-state index is 13.5. The molecule has 3 saturated carbocycles. The Hall–Kier alpha value is -0.950. The van der Waals surface area contributed by atoms with E-state index in [1.165, 1.54) is 0 Å². The number of aliphatic hydroxyl groups excluding tert-OH is 6. The fourth-order valence-corrected chi connectivity index (χ4v) is 9.82. The van der Waals surface area contributed by atoms with Crippen molar-refractivity contribution in [2.24, 2.45) is 40.4 Å². The molecule has 2 unspecified atom stereocenters. The van der Waals surface area contributed by atoms with Crippen molar-refractivity contribution in [3.8, 4) is 0 Å². The van der Waals surface area contributed by atoms with E-state index in [9.17, 15) is 40.5 Å². The molecule has 4 aliphatic carbocycles. The highest BCUT2D eigenvalue weighted by Gasteiger charge is 2.67. The third-order valence-corrected chi connectivity index (χ3v) is 12.6. The summed E-state index contributed by atoms with van der Waals surface area (Å²) in [6.07, 6.45) is -2.57. The predicted octanol–water partition coefficient (Wildman–Crippen LogP) is 1.45. The topological polar surface area (TPSA) is 177 Å². The lowest BCUT2D eigenvalue weighted by Crippen LogP contribution is -2.61. The van der Waals surface area contributed by atoms with Gasteiger partial charge in [-0.2, -0.15) is 0 Å². The summed E-state index contributed by atoms with van der Waals surface area (Å²) in [4.78, 5) is 13.5. The van der Waals surface area contributed by atoms with Crippen LogP contribution in [0.1, 0.15) is 86.0 Å². The number of hydrogen-bond acceptors (Lipinski definition) is 10. The number of ether oxygens (including phenoxy) is 2. The lowest BCUT2D eigenvalue weighted by atomic mass is 9.46. The Morgan fingerprint density at radius 2 is 1.65 bits per heavy atom. The molecule has 0 amide bonds. The van der Waals surface area contributed by atoms with E-state index in [2.05, 4.69) is 27.7 Å². The minimum Gasteiger partial charge on any atom is -0.394 e. The molecule has 0 aromatic carbocycles. The van der Waals surface area contributed by atoms with Gasteiger partial charge in [-0.3, -0.25) is 4.79 Å². The first-order valence-electron chi connectivity index (χ1n) is 16.4. The second-order valence-corrected chi connectivity index (χ2v) is 15.4. The highest BCUT2D eigenvalue weighted by molar-refractivity contribution is 5.95. The van der Waals surface area contributed by atoms with Gasteiger partial charge in [0.05, 0.1) is 30.5 Å². The maximum absolute atomic E-state index is 13.5. The Balaban J connectivity index is 1.42. The van der Waals surface area contributed by atoms with E-state index in [1.807, 2.05) is 6.92 Å². The van der Waals surface area contributed by atoms with E-state index < -0.39 is 72.1 Å². The van der Waals surface area contributed by atoms with Crippen molar-refractivity contribution in [2.45, 2.75) is 141 Å². The van der Waals surface area contributed by atoms with Gasteiger partial charge in [0.15, 0.2) is 12.1 Å². The lowest BCUT2D eigenvalue weighted by Gasteiger charge is -2.60. The van der Waals surface area contributed by atoms with E-state index in [0.717, 1.165) is 24.8 Å². The summed E-state index contributed by atoms with van der Waals surface area (Å²) in [7, 11) is 0. The average molecular weight is 611 g/mol. The van der Waals surface area contributed by atoms with Crippen LogP contribution < -0.4 is 0 Å². The second kappa shape index (κ2) is 12.0. The number of carbonyl (C=O) groups is 1. The monoisotopic (exact) mass is 610 g/mol. The Kier molecular flexibility index (Phi) is 9.33. The van der Waals surface area contributed by atoms with Gasteiger partial charge in [-0.05, 0) is 92.1 Å². The van der Waals surface area contributed by atoms with E-state index in [0.29, 0.717) is 31.6 Å². The molecule has 0 radical (unpaired) electrons. The molecule has 4 fully saturated rings. The van der Waals surface area contributed by atoms with Crippen molar-refractivity contribution in [3.05, 3.63) is 11.6 Å². The second-order valence-electron chi connectivity index (χ2n) is 15.4. The minimum atomic E-state index is -1.53. The smallest absolute Gasteiger partial charge is 0.186 e. The molecule has 0 bridgehead atoms. The minimum absolute atomic E-state index is 0.0146. The van der Waals surface area contributed by atoms with E-state index >= 15 is 0 Å². The molecule has 1 saturated heterocycles. The van der Waals surface area contributed by atoms with Crippen LogP contribution >= 0.6 is 0 Å². The van der Waals surface area contributed by atoms with Crippen molar-refractivity contribution in [2.75, 3.05) is 6.61 Å². The first-order chi connectivity index (χ1) is 20.1. The van der Waals surface area contributed by atoms with Crippen LogP contribution in [-0.2, 0) is 14.3 Å². The first-order valence-corrected chi connectivity index (χ1v) is 16.4. The highest BCUT2D eigenvalue weighted by atomic mass is 16.7. The van der Waals surface area contributed by atoms with Crippen LogP contribution in [0.4, 0.5) is 0 Å². The molecule has 0 spiro atoms. The molecular formula is C33H54O10. The summed E-state index contributed by atoms with van der Waals surface area (Å²) in [5, 5.41) is 74.6. The van der Waals surface area contributed by atoms with Gasteiger partial charge in [0.2, 0.25) is 0 Å². The van der Waals surface area contributed by atoms with Gasteiger partial charge in [0.1, 0.15) is 24.4 Å². The van der Waals surface area contributed by atoms with Crippen LogP contribution in [0.5, 0.6) is 0 Å². The molecule has 5 aliphatic rings. The van der Waals surface area contributed by atoms with Crippen LogP contribution in [0.3, 0.4) is 0 Å². The van der Waals surface area contributed by atoms with E-state index in [4.69, 9.17) is 9.47 Å². The summed E-state index contributed by atoms with van der Waals surface area (Å²) < 4.78 is 12.1. The molecule has 7 N–H and O–H groups in total. The van der Waals surface area contributed by atoms with E-state index in [1.54, 1.807) is 6.08 Å². The number of fused-ring (bicyclic) bond motifs is 5. The van der Waals surface area contributed by atoms with Gasteiger partial charge in [-0.25, -0.2) is 0 Å². The van der Waals surface area contributed by atoms with Gasteiger partial charge in [-0.15, -0.1) is 0 Å². The SMILES string of the molecule is CC(C)CC[C@@H](O[C@@H]1O[C@@H](CO)[C@@H](O)C(O)C1O)[C@@H](C)[C@H]1CC[C@@]2(O)C3=CC(=O)[C@@H]4C[C@@H](O)[C@@H](O)C[C@]4(C)[C@H]3CC[C@]12C. The van der Waals surface area contributed by atoms with Gasteiger partial charge in [0, 0.05) is 11.3 Å². The molecule has 43 heavy (non-hydrogen) atoms. The quantitative estimate of drug-likeness (QED) is 0.213. The van der Waals surface area contributed by atoms with Gasteiger partial charge in [-0.1, -0.05) is 34.6 Å². The normalized spacial score (nSPS) is 49.6. The Bertz CT molecular complexity index is 1060. The standard InChI is InChI=1S/C33H54O10/c1-16(2)6-7-25(42-30-29(40)28(39)27(38)26(15-34)43-30)17(3)18-9-11-33(41)20-12-22(35)21-13-23(36)24(37)14-31(21,4)19(20)8-10-32(18,33)5/h12,16-19,21,23-30,34,36-41H,6-11,13-15H2,1-5H3/t17-,18+,19-,21-,23+,24-,25+,26-,27+,28?,29?,30+,31+,32+,33+/m0/s1. The fraction of sp³-hybridized carbons (Fsp3) is 0.909. The molecular weight excluding hydrogens is 556 g/mol. The number of aliphatic hydroxyl groups is 7. The summed E-state index contributed by atoms with van der Waals surface area (Å²) in [5.74, 6) is -0.203. The molecule has 0 aromatic rings. The van der Waals surface area contributed by atoms with Gasteiger partial charge in [0.25, 0.3) is 0 Å². The third kappa shape index (κ3) is 5.36.